The van der Waals surface area contributed by atoms with Gasteiger partial charge < -0.3 is 20.1 Å². The number of unbranched alkanes of at least 4 members (excludes halogenated alkanes) is 1. The molecule has 0 saturated heterocycles. The molecule has 0 aliphatic heterocycles. The van der Waals surface area contributed by atoms with Crippen molar-refractivity contribution in [1.29, 1.82) is 0 Å². The maximum absolute atomic E-state index is 5.57. The second kappa shape index (κ2) is 17.5. The molecule has 150 valence electrons. The molecule has 0 aromatic heterocycles. The van der Waals surface area contributed by atoms with Gasteiger partial charge in [0.05, 0.1) is 13.2 Å². The lowest BCUT2D eigenvalue weighted by molar-refractivity contribution is 0.129. The minimum atomic E-state index is 0. The zero-order valence-corrected chi connectivity index (χ0v) is 18.9. The molecule has 0 unspecified atom stereocenters. The van der Waals surface area contributed by atoms with Crippen LogP contribution in [-0.4, -0.2) is 38.9 Å². The van der Waals surface area contributed by atoms with Crippen LogP contribution in [0.15, 0.2) is 29.3 Å². The van der Waals surface area contributed by atoms with E-state index in [0.29, 0.717) is 13.2 Å². The summed E-state index contributed by atoms with van der Waals surface area (Å²) in [5.74, 6) is 0.856. The van der Waals surface area contributed by atoms with E-state index in [2.05, 4.69) is 53.7 Å². The van der Waals surface area contributed by atoms with Crippen LogP contribution in [0.25, 0.3) is 0 Å². The maximum Gasteiger partial charge on any atom is 0.191 e. The highest BCUT2D eigenvalue weighted by Crippen LogP contribution is 2.07. The lowest BCUT2D eigenvalue weighted by Crippen LogP contribution is -2.38. The van der Waals surface area contributed by atoms with Gasteiger partial charge in [0.1, 0.15) is 0 Å². The average molecular weight is 477 g/mol. The molecular weight excluding hydrogens is 441 g/mol. The van der Waals surface area contributed by atoms with Gasteiger partial charge in [-0.05, 0) is 37.8 Å². The van der Waals surface area contributed by atoms with Crippen molar-refractivity contribution in [3.05, 3.63) is 35.4 Å². The number of benzene rings is 1. The van der Waals surface area contributed by atoms with Crippen LogP contribution in [0.2, 0.25) is 0 Å². The summed E-state index contributed by atoms with van der Waals surface area (Å²) in [5, 5.41) is 6.64. The fraction of sp³-hybridized carbons (Fsp3) is 0.650. The number of aliphatic imine (C=N–C) groups is 1. The lowest BCUT2D eigenvalue weighted by atomic mass is 10.1. The zero-order valence-electron chi connectivity index (χ0n) is 16.6. The molecule has 0 radical (unpaired) electrons. The lowest BCUT2D eigenvalue weighted by Gasteiger charge is -2.11. The molecule has 1 rings (SSSR count). The van der Waals surface area contributed by atoms with Gasteiger partial charge in [-0.1, -0.05) is 37.6 Å². The normalized spacial score (nSPS) is 11.1. The van der Waals surface area contributed by atoms with Crippen LogP contribution in [-0.2, 0) is 22.6 Å². The standard InChI is InChI=1S/C20H35N3O2.HI/c1-4-7-14-25-15-8-13-22-20(21-5-2)23-16-18-9-11-19(12-10-18)17-24-6-3;/h9-12H,4-8,13-17H2,1-3H3,(H2,21,22,23);1H. The Hall–Kier alpha value is -0.860. The molecule has 5 nitrogen and oxygen atoms in total. The molecular formula is C20H36IN3O2. The SMILES string of the molecule is CCCCOCCCNC(=NCc1ccc(COCC)cc1)NCC.I. The van der Waals surface area contributed by atoms with Gasteiger partial charge in [0.25, 0.3) is 0 Å². The molecule has 0 amide bonds. The van der Waals surface area contributed by atoms with Crippen LogP contribution in [0.4, 0.5) is 0 Å². The van der Waals surface area contributed by atoms with E-state index in [1.807, 2.05) is 6.92 Å². The minimum Gasteiger partial charge on any atom is -0.381 e. The topological polar surface area (TPSA) is 54.9 Å². The smallest absolute Gasteiger partial charge is 0.191 e. The third kappa shape index (κ3) is 12.5. The zero-order chi connectivity index (χ0) is 18.2. The van der Waals surface area contributed by atoms with Crippen molar-refractivity contribution in [1.82, 2.24) is 10.6 Å². The first kappa shape index (κ1) is 25.1. The highest BCUT2D eigenvalue weighted by molar-refractivity contribution is 14.0. The van der Waals surface area contributed by atoms with Gasteiger partial charge in [0.2, 0.25) is 0 Å². The van der Waals surface area contributed by atoms with E-state index < -0.39 is 0 Å². The summed E-state index contributed by atoms with van der Waals surface area (Å²) < 4.78 is 11.0. The molecule has 2 N–H and O–H groups in total. The summed E-state index contributed by atoms with van der Waals surface area (Å²) >= 11 is 0. The number of nitrogens with one attached hydrogen (secondary N) is 2. The van der Waals surface area contributed by atoms with Crippen LogP contribution in [0, 0.1) is 0 Å². The molecule has 0 aliphatic carbocycles. The monoisotopic (exact) mass is 477 g/mol. The molecule has 0 bridgehead atoms. The Morgan fingerprint density at radius 2 is 1.62 bits per heavy atom. The van der Waals surface area contributed by atoms with Crippen molar-refractivity contribution in [3.63, 3.8) is 0 Å². The van der Waals surface area contributed by atoms with E-state index in [0.717, 1.165) is 51.7 Å². The fourth-order valence-electron chi connectivity index (χ4n) is 2.20. The average Bonchev–Trinajstić information content (AvgIpc) is 2.64. The maximum atomic E-state index is 5.57. The Labute approximate surface area is 176 Å². The van der Waals surface area contributed by atoms with Crippen molar-refractivity contribution in [2.75, 3.05) is 32.9 Å². The summed E-state index contributed by atoms with van der Waals surface area (Å²) in [5.41, 5.74) is 2.39. The molecule has 1 aromatic rings. The number of ether oxygens (including phenoxy) is 2. The van der Waals surface area contributed by atoms with Crippen molar-refractivity contribution in [3.8, 4) is 0 Å². The number of rotatable bonds is 13. The summed E-state index contributed by atoms with van der Waals surface area (Å²) in [6.07, 6.45) is 3.31. The van der Waals surface area contributed by atoms with Gasteiger partial charge >= 0.3 is 0 Å². The van der Waals surface area contributed by atoms with E-state index in [-0.39, 0.29) is 24.0 Å². The van der Waals surface area contributed by atoms with Crippen LogP contribution in [0.3, 0.4) is 0 Å². The molecule has 6 heteroatoms. The summed E-state index contributed by atoms with van der Waals surface area (Å²) in [7, 11) is 0. The Morgan fingerprint density at radius 1 is 0.923 bits per heavy atom. The number of hydrogen-bond acceptors (Lipinski definition) is 3. The molecule has 0 fully saturated rings. The van der Waals surface area contributed by atoms with E-state index in [1.54, 1.807) is 0 Å². The molecule has 0 atom stereocenters. The van der Waals surface area contributed by atoms with E-state index >= 15 is 0 Å². The van der Waals surface area contributed by atoms with Gasteiger partial charge in [0, 0.05) is 32.9 Å². The summed E-state index contributed by atoms with van der Waals surface area (Å²) in [4.78, 5) is 4.65. The second-order valence-corrected chi connectivity index (χ2v) is 5.90. The molecule has 0 heterocycles. The number of nitrogens with zero attached hydrogens (tertiary/aromatic N) is 1. The van der Waals surface area contributed by atoms with Crippen LogP contribution >= 0.6 is 24.0 Å². The molecule has 0 saturated carbocycles. The quantitative estimate of drug-likeness (QED) is 0.194. The molecule has 0 spiro atoms. The first-order chi connectivity index (χ1) is 12.3. The highest BCUT2D eigenvalue weighted by Gasteiger charge is 1.99. The third-order valence-electron chi connectivity index (χ3n) is 3.66. The fourth-order valence-corrected chi connectivity index (χ4v) is 2.20. The minimum absolute atomic E-state index is 0. The number of halogens is 1. The van der Waals surface area contributed by atoms with Gasteiger partial charge in [-0.25, -0.2) is 4.99 Å². The summed E-state index contributed by atoms with van der Waals surface area (Å²) in [6.45, 7) is 11.7. The summed E-state index contributed by atoms with van der Waals surface area (Å²) in [6, 6.07) is 8.44. The second-order valence-electron chi connectivity index (χ2n) is 5.90. The van der Waals surface area contributed by atoms with Crippen LogP contribution < -0.4 is 10.6 Å². The number of hydrogen-bond donors (Lipinski definition) is 2. The van der Waals surface area contributed by atoms with E-state index in [1.165, 1.54) is 17.5 Å². The molecule has 1 aromatic carbocycles. The third-order valence-corrected chi connectivity index (χ3v) is 3.66. The first-order valence-corrected chi connectivity index (χ1v) is 9.55. The van der Waals surface area contributed by atoms with Crippen molar-refractivity contribution in [2.45, 2.75) is 53.2 Å². The van der Waals surface area contributed by atoms with Crippen LogP contribution in [0.5, 0.6) is 0 Å². The predicted octanol–water partition coefficient (Wildman–Crippen LogP) is 4.10. The van der Waals surface area contributed by atoms with Crippen molar-refractivity contribution in [2.24, 2.45) is 4.99 Å². The van der Waals surface area contributed by atoms with E-state index in [9.17, 15) is 0 Å². The van der Waals surface area contributed by atoms with Crippen LogP contribution in [0.1, 0.15) is 51.2 Å². The van der Waals surface area contributed by atoms with E-state index in [4.69, 9.17) is 9.47 Å². The van der Waals surface area contributed by atoms with Crippen molar-refractivity contribution >= 4 is 29.9 Å². The Bertz CT molecular complexity index is 467. The Kier molecular flexibility index (Phi) is 17.0. The Morgan fingerprint density at radius 3 is 2.27 bits per heavy atom. The van der Waals surface area contributed by atoms with Gasteiger partial charge in [-0.2, -0.15) is 0 Å². The first-order valence-electron chi connectivity index (χ1n) is 9.55. The predicted molar refractivity (Wildman–Crippen MR) is 120 cm³/mol. The Balaban J connectivity index is 0.00000625. The van der Waals surface area contributed by atoms with Gasteiger partial charge in [0.15, 0.2) is 5.96 Å². The van der Waals surface area contributed by atoms with Gasteiger partial charge in [-0.15, -0.1) is 24.0 Å². The number of guanidine groups is 1. The molecule has 0 aliphatic rings. The highest BCUT2D eigenvalue weighted by atomic mass is 127. The van der Waals surface area contributed by atoms with Gasteiger partial charge in [-0.3, -0.25) is 0 Å². The van der Waals surface area contributed by atoms with Crippen molar-refractivity contribution < 1.29 is 9.47 Å². The largest absolute Gasteiger partial charge is 0.381 e. The molecule has 26 heavy (non-hydrogen) atoms.